The van der Waals surface area contributed by atoms with Gasteiger partial charge in [-0.2, -0.15) is 0 Å². The van der Waals surface area contributed by atoms with Crippen molar-refractivity contribution in [2.24, 2.45) is 5.73 Å². The van der Waals surface area contributed by atoms with Crippen LogP contribution < -0.4 is 10.6 Å². The van der Waals surface area contributed by atoms with Crippen LogP contribution in [0.2, 0.25) is 0 Å². The van der Waals surface area contributed by atoms with Crippen molar-refractivity contribution in [2.45, 2.75) is 26.8 Å². The maximum Gasteiger partial charge on any atom is 0.122 e. The van der Waals surface area contributed by atoms with E-state index in [0.717, 1.165) is 23.5 Å². The largest absolute Gasteiger partial charge is 0.508 e. The van der Waals surface area contributed by atoms with Gasteiger partial charge in [0, 0.05) is 35.6 Å². The number of anilines is 2. The van der Waals surface area contributed by atoms with E-state index >= 15 is 0 Å². The van der Waals surface area contributed by atoms with E-state index in [1.807, 2.05) is 31.2 Å². The molecule has 0 saturated heterocycles. The van der Waals surface area contributed by atoms with Gasteiger partial charge in [0.15, 0.2) is 0 Å². The van der Waals surface area contributed by atoms with E-state index in [0.29, 0.717) is 0 Å². The van der Waals surface area contributed by atoms with Crippen LogP contribution in [0, 0.1) is 6.92 Å². The molecule has 0 saturated carbocycles. The minimum Gasteiger partial charge on any atom is -0.508 e. The molecular formula is C17H22N2O. The molecule has 1 unspecified atom stereocenters. The Kier molecular flexibility index (Phi) is 4.30. The monoisotopic (exact) mass is 270 g/mol. The third-order valence-corrected chi connectivity index (χ3v) is 3.54. The molecule has 0 aromatic heterocycles. The molecule has 2 aromatic carbocycles. The fourth-order valence-corrected chi connectivity index (χ4v) is 2.44. The summed E-state index contributed by atoms with van der Waals surface area (Å²) in [5.74, 6) is 0.254. The first kappa shape index (κ1) is 14.4. The number of phenols is 1. The highest BCUT2D eigenvalue weighted by molar-refractivity contribution is 5.68. The number of aryl methyl sites for hydroxylation is 1. The molecule has 0 heterocycles. The summed E-state index contributed by atoms with van der Waals surface area (Å²) in [5.41, 5.74) is 9.95. The van der Waals surface area contributed by atoms with Crippen molar-refractivity contribution in [3.63, 3.8) is 0 Å². The van der Waals surface area contributed by atoms with Crippen molar-refractivity contribution in [1.29, 1.82) is 0 Å². The summed E-state index contributed by atoms with van der Waals surface area (Å²) in [5, 5.41) is 10.1. The maximum atomic E-state index is 10.1. The zero-order valence-corrected chi connectivity index (χ0v) is 12.3. The van der Waals surface area contributed by atoms with Crippen molar-refractivity contribution in [3.8, 4) is 5.75 Å². The Morgan fingerprint density at radius 3 is 2.45 bits per heavy atom. The second-order valence-electron chi connectivity index (χ2n) is 5.06. The first-order valence-corrected chi connectivity index (χ1v) is 6.96. The molecule has 1 atom stereocenters. The molecule has 0 aliphatic heterocycles. The molecule has 0 radical (unpaired) electrons. The quantitative estimate of drug-likeness (QED) is 0.886. The fourth-order valence-electron chi connectivity index (χ4n) is 2.44. The summed E-state index contributed by atoms with van der Waals surface area (Å²) in [6.07, 6.45) is 0. The predicted octanol–water partition coefficient (Wildman–Crippen LogP) is 3.88. The highest BCUT2D eigenvalue weighted by atomic mass is 16.3. The number of aromatic hydroxyl groups is 1. The molecule has 0 aliphatic carbocycles. The number of nitrogens with zero attached hydrogens (tertiary/aromatic N) is 1. The molecule has 0 spiro atoms. The lowest BCUT2D eigenvalue weighted by molar-refractivity contribution is 0.464. The lowest BCUT2D eigenvalue weighted by atomic mass is 10.1. The molecule has 0 aliphatic rings. The van der Waals surface area contributed by atoms with Gasteiger partial charge in [0.1, 0.15) is 5.75 Å². The first-order chi connectivity index (χ1) is 9.54. The average Bonchev–Trinajstić information content (AvgIpc) is 2.41. The van der Waals surface area contributed by atoms with Gasteiger partial charge < -0.3 is 15.7 Å². The summed E-state index contributed by atoms with van der Waals surface area (Å²) in [6.45, 7) is 6.90. The number of benzene rings is 2. The standard InChI is InChI=1S/C17H22N2O/c1-4-19(16-8-6-5-7-12(16)2)14-9-10-15(13(3)18)17(20)11-14/h5-11,13,20H,4,18H2,1-3H3. The van der Waals surface area contributed by atoms with E-state index in [1.54, 1.807) is 6.07 Å². The molecule has 106 valence electrons. The molecular weight excluding hydrogens is 248 g/mol. The molecule has 0 fully saturated rings. The van der Waals surface area contributed by atoms with Gasteiger partial charge in [-0.3, -0.25) is 0 Å². The number of hydrogen-bond acceptors (Lipinski definition) is 3. The van der Waals surface area contributed by atoms with Gasteiger partial charge in [-0.15, -0.1) is 0 Å². The fraction of sp³-hybridized carbons (Fsp3) is 0.294. The van der Waals surface area contributed by atoms with Gasteiger partial charge >= 0.3 is 0 Å². The first-order valence-electron chi connectivity index (χ1n) is 6.96. The summed E-state index contributed by atoms with van der Waals surface area (Å²) in [4.78, 5) is 2.18. The third-order valence-electron chi connectivity index (χ3n) is 3.54. The number of nitrogens with two attached hydrogens (primary N) is 1. The van der Waals surface area contributed by atoms with Crippen molar-refractivity contribution in [1.82, 2.24) is 0 Å². The zero-order chi connectivity index (χ0) is 14.7. The van der Waals surface area contributed by atoms with Gasteiger partial charge in [0.25, 0.3) is 0 Å². The molecule has 0 bridgehead atoms. The van der Waals surface area contributed by atoms with E-state index in [-0.39, 0.29) is 11.8 Å². The highest BCUT2D eigenvalue weighted by Crippen LogP contribution is 2.33. The molecule has 20 heavy (non-hydrogen) atoms. The van der Waals surface area contributed by atoms with Gasteiger partial charge in [-0.1, -0.05) is 24.3 Å². The number of phenolic OH excluding ortho intramolecular Hbond substituents is 1. The van der Waals surface area contributed by atoms with E-state index in [1.165, 1.54) is 5.56 Å². The molecule has 3 heteroatoms. The van der Waals surface area contributed by atoms with Crippen LogP contribution in [0.15, 0.2) is 42.5 Å². The van der Waals surface area contributed by atoms with Crippen molar-refractivity contribution in [3.05, 3.63) is 53.6 Å². The Labute approximate surface area is 120 Å². The highest BCUT2D eigenvalue weighted by Gasteiger charge is 2.13. The number of rotatable bonds is 4. The van der Waals surface area contributed by atoms with Crippen LogP contribution in [0.25, 0.3) is 0 Å². The molecule has 2 aromatic rings. The second kappa shape index (κ2) is 5.97. The van der Waals surface area contributed by atoms with E-state index in [2.05, 4.69) is 30.9 Å². The van der Waals surface area contributed by atoms with Crippen LogP contribution in [0.1, 0.15) is 31.0 Å². The van der Waals surface area contributed by atoms with Gasteiger partial charge in [0.2, 0.25) is 0 Å². The minimum absolute atomic E-state index is 0.169. The Balaban J connectivity index is 2.43. The molecule has 2 rings (SSSR count). The van der Waals surface area contributed by atoms with Crippen LogP contribution in [-0.2, 0) is 0 Å². The van der Waals surface area contributed by atoms with Crippen LogP contribution in [0.4, 0.5) is 11.4 Å². The van der Waals surface area contributed by atoms with E-state index in [4.69, 9.17) is 5.73 Å². The maximum absolute atomic E-state index is 10.1. The topological polar surface area (TPSA) is 49.5 Å². The summed E-state index contributed by atoms with van der Waals surface area (Å²) >= 11 is 0. The Bertz CT molecular complexity index is 593. The van der Waals surface area contributed by atoms with Crippen molar-refractivity contribution in [2.75, 3.05) is 11.4 Å². The summed E-state index contributed by atoms with van der Waals surface area (Å²) in [6, 6.07) is 13.8. The van der Waals surface area contributed by atoms with Crippen LogP contribution in [0.3, 0.4) is 0 Å². The third kappa shape index (κ3) is 2.78. The molecule has 3 N–H and O–H groups in total. The number of hydrogen-bond donors (Lipinski definition) is 2. The predicted molar refractivity (Wildman–Crippen MR) is 84.6 cm³/mol. The minimum atomic E-state index is -0.169. The van der Waals surface area contributed by atoms with E-state index < -0.39 is 0 Å². The number of para-hydroxylation sites is 1. The van der Waals surface area contributed by atoms with Crippen molar-refractivity contribution >= 4 is 11.4 Å². The summed E-state index contributed by atoms with van der Waals surface area (Å²) in [7, 11) is 0. The molecule has 3 nitrogen and oxygen atoms in total. The van der Waals surface area contributed by atoms with Crippen molar-refractivity contribution < 1.29 is 5.11 Å². The lowest BCUT2D eigenvalue weighted by Gasteiger charge is -2.26. The Morgan fingerprint density at radius 2 is 1.90 bits per heavy atom. The van der Waals surface area contributed by atoms with Gasteiger partial charge in [-0.05, 0) is 38.5 Å². The van der Waals surface area contributed by atoms with Gasteiger partial charge in [0.05, 0.1) is 0 Å². The second-order valence-corrected chi connectivity index (χ2v) is 5.06. The summed E-state index contributed by atoms with van der Waals surface area (Å²) < 4.78 is 0. The normalized spacial score (nSPS) is 12.2. The van der Waals surface area contributed by atoms with Gasteiger partial charge in [-0.25, -0.2) is 0 Å². The smallest absolute Gasteiger partial charge is 0.122 e. The SMILES string of the molecule is CCN(c1ccc(C(C)N)c(O)c1)c1ccccc1C. The lowest BCUT2D eigenvalue weighted by Crippen LogP contribution is -2.17. The van der Waals surface area contributed by atoms with E-state index in [9.17, 15) is 5.11 Å². The zero-order valence-electron chi connectivity index (χ0n) is 12.3. The van der Waals surface area contributed by atoms with Crippen LogP contribution in [-0.4, -0.2) is 11.7 Å². The Morgan fingerprint density at radius 1 is 1.20 bits per heavy atom. The van der Waals surface area contributed by atoms with Crippen LogP contribution in [0.5, 0.6) is 5.75 Å². The molecule has 0 amide bonds. The van der Waals surface area contributed by atoms with Crippen LogP contribution >= 0.6 is 0 Å². The Hall–Kier alpha value is -2.00. The average molecular weight is 270 g/mol.